The Labute approximate surface area is 132 Å². The molecule has 0 fully saturated rings. The first-order valence-corrected chi connectivity index (χ1v) is 8.40. The van der Waals surface area contributed by atoms with Gasteiger partial charge in [0.15, 0.2) is 0 Å². The van der Waals surface area contributed by atoms with Gasteiger partial charge in [0.1, 0.15) is 5.82 Å². The second-order valence-corrected chi connectivity index (χ2v) is 6.43. The van der Waals surface area contributed by atoms with Crippen molar-refractivity contribution in [2.24, 2.45) is 5.73 Å². The Morgan fingerprint density at radius 2 is 2.10 bits per heavy atom. The fraction of sp³-hybridized carbons (Fsp3) is 0.333. The minimum atomic E-state index is 0.175. The zero-order valence-electron chi connectivity index (χ0n) is 11.4. The Bertz CT molecular complexity index is 562. The van der Waals surface area contributed by atoms with Gasteiger partial charge in [0.25, 0.3) is 0 Å². The van der Waals surface area contributed by atoms with Crippen molar-refractivity contribution in [3.8, 4) is 0 Å². The SMILES string of the molecule is CCC(N)Cc1ccnc(CSc2ccccc2Br)n1. The summed E-state index contributed by atoms with van der Waals surface area (Å²) in [6.45, 7) is 2.09. The average Bonchev–Trinajstić information content (AvgIpc) is 2.47. The lowest BCUT2D eigenvalue weighted by Gasteiger charge is -2.09. The van der Waals surface area contributed by atoms with E-state index < -0.39 is 0 Å². The number of hydrogen-bond donors (Lipinski definition) is 1. The third-order valence-electron chi connectivity index (χ3n) is 2.95. The van der Waals surface area contributed by atoms with Crippen LogP contribution in [0.3, 0.4) is 0 Å². The monoisotopic (exact) mass is 351 g/mol. The van der Waals surface area contributed by atoms with Crippen LogP contribution in [-0.2, 0) is 12.2 Å². The Balaban J connectivity index is 2.00. The Kier molecular flexibility index (Phi) is 6.01. The number of halogens is 1. The van der Waals surface area contributed by atoms with Crippen LogP contribution in [0.5, 0.6) is 0 Å². The molecule has 3 nitrogen and oxygen atoms in total. The first-order chi connectivity index (χ1) is 9.69. The largest absolute Gasteiger partial charge is 0.327 e. The molecule has 1 unspecified atom stereocenters. The van der Waals surface area contributed by atoms with Crippen LogP contribution >= 0.6 is 27.7 Å². The molecule has 0 radical (unpaired) electrons. The predicted octanol–water partition coefficient (Wildman–Crippen LogP) is 3.81. The highest BCUT2D eigenvalue weighted by atomic mass is 79.9. The summed E-state index contributed by atoms with van der Waals surface area (Å²) in [5.74, 6) is 1.62. The summed E-state index contributed by atoms with van der Waals surface area (Å²) in [6.07, 6.45) is 3.59. The van der Waals surface area contributed by atoms with E-state index in [9.17, 15) is 0 Å². The maximum Gasteiger partial charge on any atom is 0.138 e. The number of nitrogens with two attached hydrogens (primary N) is 1. The Morgan fingerprint density at radius 1 is 1.30 bits per heavy atom. The summed E-state index contributed by atoms with van der Waals surface area (Å²) < 4.78 is 1.11. The van der Waals surface area contributed by atoms with Crippen LogP contribution in [0, 0.1) is 0 Å². The molecule has 0 bridgehead atoms. The van der Waals surface area contributed by atoms with Gasteiger partial charge in [-0.1, -0.05) is 19.1 Å². The topological polar surface area (TPSA) is 51.8 Å². The summed E-state index contributed by atoms with van der Waals surface area (Å²) in [5, 5.41) is 0. The molecule has 1 atom stereocenters. The van der Waals surface area contributed by atoms with Gasteiger partial charge < -0.3 is 5.73 Å². The molecular weight excluding hydrogens is 334 g/mol. The van der Waals surface area contributed by atoms with E-state index in [0.29, 0.717) is 0 Å². The molecule has 106 valence electrons. The van der Waals surface area contributed by atoms with Crippen LogP contribution in [0.25, 0.3) is 0 Å². The van der Waals surface area contributed by atoms with Crippen molar-refractivity contribution in [1.82, 2.24) is 9.97 Å². The van der Waals surface area contributed by atoms with E-state index in [0.717, 1.165) is 34.6 Å². The van der Waals surface area contributed by atoms with Crippen LogP contribution in [0.2, 0.25) is 0 Å². The molecule has 0 aliphatic rings. The van der Waals surface area contributed by atoms with Gasteiger partial charge in [-0.15, -0.1) is 11.8 Å². The second-order valence-electron chi connectivity index (χ2n) is 4.56. The predicted molar refractivity (Wildman–Crippen MR) is 87.7 cm³/mol. The van der Waals surface area contributed by atoms with E-state index in [2.05, 4.69) is 38.9 Å². The molecule has 0 saturated heterocycles. The van der Waals surface area contributed by atoms with Gasteiger partial charge in [-0.2, -0.15) is 0 Å². The second kappa shape index (κ2) is 7.76. The molecular formula is C15H18BrN3S. The van der Waals surface area contributed by atoms with Crippen molar-refractivity contribution >= 4 is 27.7 Å². The highest BCUT2D eigenvalue weighted by molar-refractivity contribution is 9.10. The Morgan fingerprint density at radius 3 is 2.85 bits per heavy atom. The molecule has 0 aliphatic carbocycles. The average molecular weight is 352 g/mol. The summed E-state index contributed by atoms with van der Waals surface area (Å²) in [6, 6.07) is 10.3. The van der Waals surface area contributed by atoms with Gasteiger partial charge in [-0.25, -0.2) is 9.97 Å². The van der Waals surface area contributed by atoms with Gasteiger partial charge in [0.05, 0.1) is 5.75 Å². The highest BCUT2D eigenvalue weighted by Crippen LogP contribution is 2.28. The number of thioether (sulfide) groups is 1. The molecule has 2 rings (SSSR count). The van der Waals surface area contributed by atoms with E-state index in [1.54, 1.807) is 11.8 Å². The normalized spacial score (nSPS) is 12.3. The minimum Gasteiger partial charge on any atom is -0.327 e. The van der Waals surface area contributed by atoms with E-state index in [1.165, 1.54) is 4.90 Å². The van der Waals surface area contributed by atoms with E-state index in [-0.39, 0.29) is 6.04 Å². The molecule has 0 aliphatic heterocycles. The fourth-order valence-electron chi connectivity index (χ4n) is 1.74. The number of benzene rings is 1. The van der Waals surface area contributed by atoms with Crippen LogP contribution in [-0.4, -0.2) is 16.0 Å². The summed E-state index contributed by atoms with van der Waals surface area (Å²) in [5.41, 5.74) is 6.99. The third kappa shape index (κ3) is 4.58. The zero-order chi connectivity index (χ0) is 14.4. The smallest absolute Gasteiger partial charge is 0.138 e. The van der Waals surface area contributed by atoms with Gasteiger partial charge in [-0.3, -0.25) is 0 Å². The third-order valence-corrected chi connectivity index (χ3v) is 4.98. The molecule has 5 heteroatoms. The van der Waals surface area contributed by atoms with Crippen molar-refractivity contribution in [3.05, 3.63) is 52.5 Å². The van der Waals surface area contributed by atoms with Crippen molar-refractivity contribution in [1.29, 1.82) is 0 Å². The maximum atomic E-state index is 5.97. The minimum absolute atomic E-state index is 0.175. The Hall–Kier alpha value is -0.910. The molecule has 0 amide bonds. The van der Waals surface area contributed by atoms with Crippen LogP contribution in [0.4, 0.5) is 0 Å². The first kappa shape index (κ1) is 15.5. The fourth-order valence-corrected chi connectivity index (χ4v) is 3.17. The summed E-state index contributed by atoms with van der Waals surface area (Å²) in [4.78, 5) is 10.1. The molecule has 1 heterocycles. The van der Waals surface area contributed by atoms with Crippen LogP contribution in [0.15, 0.2) is 45.9 Å². The molecule has 2 N–H and O–H groups in total. The summed E-state index contributed by atoms with van der Waals surface area (Å²) >= 11 is 5.28. The zero-order valence-corrected chi connectivity index (χ0v) is 13.8. The lowest BCUT2D eigenvalue weighted by Crippen LogP contribution is -2.22. The van der Waals surface area contributed by atoms with Crippen molar-refractivity contribution in [2.75, 3.05) is 0 Å². The number of rotatable bonds is 6. The van der Waals surface area contributed by atoms with E-state index in [4.69, 9.17) is 5.73 Å². The van der Waals surface area contributed by atoms with Gasteiger partial charge in [0.2, 0.25) is 0 Å². The van der Waals surface area contributed by atoms with Crippen molar-refractivity contribution in [3.63, 3.8) is 0 Å². The van der Waals surface area contributed by atoms with Crippen molar-refractivity contribution in [2.45, 2.75) is 36.5 Å². The van der Waals surface area contributed by atoms with Crippen LogP contribution in [0.1, 0.15) is 24.9 Å². The summed E-state index contributed by atoms with van der Waals surface area (Å²) in [7, 11) is 0. The number of nitrogens with zero attached hydrogens (tertiary/aromatic N) is 2. The van der Waals surface area contributed by atoms with Gasteiger partial charge in [-0.05, 0) is 40.5 Å². The van der Waals surface area contributed by atoms with Gasteiger partial charge >= 0.3 is 0 Å². The molecule has 0 saturated carbocycles. The lowest BCUT2D eigenvalue weighted by molar-refractivity contribution is 0.634. The van der Waals surface area contributed by atoms with Crippen LogP contribution < -0.4 is 5.73 Å². The molecule has 0 spiro atoms. The van der Waals surface area contributed by atoms with E-state index in [1.807, 2.05) is 30.5 Å². The molecule has 2 aromatic rings. The lowest BCUT2D eigenvalue weighted by atomic mass is 10.1. The standard InChI is InChI=1S/C15H18BrN3S/c1-2-11(17)9-12-7-8-18-15(19-12)10-20-14-6-4-3-5-13(14)16/h3-8,11H,2,9-10,17H2,1H3. The molecule has 20 heavy (non-hydrogen) atoms. The number of hydrogen-bond acceptors (Lipinski definition) is 4. The first-order valence-electron chi connectivity index (χ1n) is 6.62. The molecule has 1 aromatic carbocycles. The maximum absolute atomic E-state index is 5.97. The van der Waals surface area contributed by atoms with E-state index >= 15 is 0 Å². The highest BCUT2D eigenvalue weighted by Gasteiger charge is 2.06. The van der Waals surface area contributed by atoms with Gasteiger partial charge in [0, 0.05) is 33.7 Å². The van der Waals surface area contributed by atoms with Crippen molar-refractivity contribution < 1.29 is 0 Å². The quantitative estimate of drug-likeness (QED) is 0.804. The molecule has 1 aromatic heterocycles. The number of aromatic nitrogens is 2.